The lowest BCUT2D eigenvalue weighted by Gasteiger charge is -2.54. The molecule has 2 aliphatic rings. The summed E-state index contributed by atoms with van der Waals surface area (Å²) in [6.45, 7) is 5.31. The van der Waals surface area contributed by atoms with Crippen LogP contribution in [-0.2, 0) is 0 Å². The summed E-state index contributed by atoms with van der Waals surface area (Å²) in [6.07, 6.45) is 6.52. The largest absolute Gasteiger partial charge is 0.371 e. The molecular formula is C18H29N3. The van der Waals surface area contributed by atoms with Crippen LogP contribution in [0.2, 0.25) is 0 Å². The Hall–Kier alpha value is -1.22. The molecule has 21 heavy (non-hydrogen) atoms. The van der Waals surface area contributed by atoms with Crippen molar-refractivity contribution in [1.82, 2.24) is 0 Å². The van der Waals surface area contributed by atoms with Gasteiger partial charge >= 0.3 is 0 Å². The highest BCUT2D eigenvalue weighted by molar-refractivity contribution is 5.74. The molecule has 3 heteroatoms. The van der Waals surface area contributed by atoms with Gasteiger partial charge in [0.05, 0.1) is 16.9 Å². The Kier molecular flexibility index (Phi) is 4.12. The molecule has 0 aromatic heterocycles. The van der Waals surface area contributed by atoms with Crippen LogP contribution in [0.25, 0.3) is 0 Å². The number of likely N-dealkylation sites (N-methyl/N-ethyl adjacent to an activating group) is 1. The quantitative estimate of drug-likeness (QED) is 0.926. The first-order valence-electron chi connectivity index (χ1n) is 8.51. The van der Waals surface area contributed by atoms with Crippen LogP contribution >= 0.6 is 0 Å². The van der Waals surface area contributed by atoms with E-state index in [-0.39, 0.29) is 5.54 Å². The Labute approximate surface area is 129 Å². The maximum absolute atomic E-state index is 6.37. The molecule has 0 saturated heterocycles. The molecule has 2 atom stereocenters. The van der Waals surface area contributed by atoms with Crippen molar-refractivity contribution >= 4 is 11.4 Å². The van der Waals surface area contributed by atoms with Crippen molar-refractivity contribution in [3.05, 3.63) is 24.3 Å². The number of rotatable bonds is 3. The van der Waals surface area contributed by atoms with E-state index < -0.39 is 0 Å². The Morgan fingerprint density at radius 1 is 1.19 bits per heavy atom. The maximum atomic E-state index is 6.37. The average Bonchev–Trinajstić information content (AvgIpc) is 2.55. The van der Waals surface area contributed by atoms with Crippen LogP contribution in [0.4, 0.5) is 11.4 Å². The van der Waals surface area contributed by atoms with Crippen LogP contribution in [0.3, 0.4) is 0 Å². The van der Waals surface area contributed by atoms with E-state index in [1.807, 2.05) is 0 Å². The van der Waals surface area contributed by atoms with Crippen LogP contribution in [0.15, 0.2) is 24.3 Å². The second-order valence-corrected chi connectivity index (χ2v) is 6.72. The van der Waals surface area contributed by atoms with Gasteiger partial charge in [0, 0.05) is 26.7 Å². The van der Waals surface area contributed by atoms with Crippen molar-refractivity contribution in [3.8, 4) is 0 Å². The third-order valence-electron chi connectivity index (χ3n) is 5.80. The number of nitrogens with zero attached hydrogens (tertiary/aromatic N) is 2. The summed E-state index contributed by atoms with van der Waals surface area (Å²) < 4.78 is 0. The number of para-hydroxylation sites is 2. The van der Waals surface area contributed by atoms with Crippen LogP contribution in [0.1, 0.15) is 39.0 Å². The molecule has 1 aliphatic carbocycles. The Bertz CT molecular complexity index is 487. The molecule has 1 aliphatic heterocycles. The zero-order valence-electron chi connectivity index (χ0n) is 13.5. The lowest BCUT2D eigenvalue weighted by molar-refractivity contribution is 0.175. The molecule has 1 heterocycles. The number of nitrogens with two attached hydrogens (primary N) is 1. The number of benzene rings is 1. The highest BCUT2D eigenvalue weighted by Crippen LogP contribution is 2.45. The van der Waals surface area contributed by atoms with E-state index in [0.29, 0.717) is 0 Å². The van der Waals surface area contributed by atoms with Crippen molar-refractivity contribution in [2.75, 3.05) is 36.5 Å². The molecule has 1 saturated carbocycles. The molecule has 0 amide bonds. The van der Waals surface area contributed by atoms with E-state index in [2.05, 4.69) is 48.0 Å². The third kappa shape index (κ3) is 2.32. The Morgan fingerprint density at radius 2 is 1.95 bits per heavy atom. The van der Waals surface area contributed by atoms with E-state index in [9.17, 15) is 0 Å². The fourth-order valence-corrected chi connectivity index (χ4v) is 4.58. The van der Waals surface area contributed by atoms with Crippen molar-refractivity contribution in [2.24, 2.45) is 11.7 Å². The van der Waals surface area contributed by atoms with Gasteiger partial charge in [0.25, 0.3) is 0 Å². The summed E-state index contributed by atoms with van der Waals surface area (Å²) in [5.74, 6) is 0.729. The van der Waals surface area contributed by atoms with Crippen LogP contribution in [-0.4, -0.2) is 32.2 Å². The third-order valence-corrected chi connectivity index (χ3v) is 5.80. The summed E-state index contributed by atoms with van der Waals surface area (Å²) in [5.41, 5.74) is 9.29. The fraction of sp³-hybridized carbons (Fsp3) is 0.667. The van der Waals surface area contributed by atoms with E-state index in [1.54, 1.807) is 0 Å². The molecule has 1 fully saturated rings. The molecule has 0 spiro atoms. The van der Waals surface area contributed by atoms with Gasteiger partial charge in [-0.2, -0.15) is 0 Å². The minimum Gasteiger partial charge on any atom is -0.371 e. The lowest BCUT2D eigenvalue weighted by atomic mass is 9.69. The van der Waals surface area contributed by atoms with Gasteiger partial charge in [-0.3, -0.25) is 0 Å². The predicted octanol–water partition coefficient (Wildman–Crippen LogP) is 3.24. The molecule has 1 aromatic rings. The first-order valence-corrected chi connectivity index (χ1v) is 8.51. The summed E-state index contributed by atoms with van der Waals surface area (Å²) >= 11 is 0. The van der Waals surface area contributed by atoms with E-state index in [4.69, 9.17) is 5.73 Å². The molecule has 0 bridgehead atoms. The lowest BCUT2D eigenvalue weighted by Crippen LogP contribution is -2.62. The minimum atomic E-state index is 0.171. The van der Waals surface area contributed by atoms with Crippen molar-refractivity contribution in [2.45, 2.75) is 44.6 Å². The Balaban J connectivity index is 2.03. The maximum Gasteiger partial charge on any atom is 0.0609 e. The molecule has 3 rings (SSSR count). The normalized spacial score (nSPS) is 29.4. The number of hydrogen-bond donors (Lipinski definition) is 1. The van der Waals surface area contributed by atoms with Gasteiger partial charge in [0.15, 0.2) is 0 Å². The molecule has 116 valence electrons. The van der Waals surface area contributed by atoms with Crippen LogP contribution in [0.5, 0.6) is 0 Å². The number of fused-ring (bicyclic) bond motifs is 1. The number of anilines is 2. The van der Waals surface area contributed by atoms with Gasteiger partial charge in [0.2, 0.25) is 0 Å². The summed E-state index contributed by atoms with van der Waals surface area (Å²) in [7, 11) is 2.20. The van der Waals surface area contributed by atoms with Gasteiger partial charge in [-0.25, -0.2) is 0 Å². The first kappa shape index (κ1) is 14.7. The van der Waals surface area contributed by atoms with Crippen molar-refractivity contribution in [3.63, 3.8) is 0 Å². The predicted molar refractivity (Wildman–Crippen MR) is 91.1 cm³/mol. The van der Waals surface area contributed by atoms with Gasteiger partial charge in [-0.15, -0.1) is 0 Å². The molecule has 3 nitrogen and oxygen atoms in total. The zero-order valence-corrected chi connectivity index (χ0v) is 13.5. The van der Waals surface area contributed by atoms with Gasteiger partial charge < -0.3 is 15.5 Å². The van der Waals surface area contributed by atoms with Gasteiger partial charge in [0.1, 0.15) is 0 Å². The van der Waals surface area contributed by atoms with Gasteiger partial charge in [-0.1, -0.05) is 38.3 Å². The van der Waals surface area contributed by atoms with Crippen LogP contribution < -0.4 is 15.5 Å². The monoisotopic (exact) mass is 287 g/mol. The van der Waals surface area contributed by atoms with Gasteiger partial charge in [-0.05, 0) is 30.9 Å². The van der Waals surface area contributed by atoms with Crippen molar-refractivity contribution in [1.29, 1.82) is 0 Å². The van der Waals surface area contributed by atoms with E-state index >= 15 is 0 Å². The highest BCUT2D eigenvalue weighted by atomic mass is 15.3. The molecule has 2 unspecified atom stereocenters. The number of hydrogen-bond acceptors (Lipinski definition) is 3. The van der Waals surface area contributed by atoms with Crippen LogP contribution in [0, 0.1) is 5.92 Å². The average molecular weight is 287 g/mol. The topological polar surface area (TPSA) is 32.5 Å². The second-order valence-electron chi connectivity index (χ2n) is 6.72. The fourth-order valence-electron chi connectivity index (χ4n) is 4.58. The Morgan fingerprint density at radius 3 is 2.67 bits per heavy atom. The summed E-state index contributed by atoms with van der Waals surface area (Å²) in [5, 5.41) is 0. The van der Waals surface area contributed by atoms with E-state index in [1.165, 1.54) is 43.5 Å². The molecule has 0 radical (unpaired) electrons. The summed E-state index contributed by atoms with van der Waals surface area (Å²) in [4.78, 5) is 5.04. The standard InChI is InChI=1S/C18H29N3/c1-3-15-8-6-7-11-18(15,14-19)21-13-12-20(2)16-9-4-5-10-17(16)21/h4-5,9-10,15H,3,6-8,11-14,19H2,1-2H3. The van der Waals surface area contributed by atoms with Crippen molar-refractivity contribution < 1.29 is 0 Å². The molecule has 2 N–H and O–H groups in total. The second kappa shape index (κ2) is 5.88. The SMILES string of the molecule is CCC1CCCCC1(CN)N1CCN(C)c2ccccc21. The first-order chi connectivity index (χ1) is 10.2. The minimum absolute atomic E-state index is 0.171. The smallest absolute Gasteiger partial charge is 0.0609 e. The highest BCUT2D eigenvalue weighted by Gasteiger charge is 2.45. The van der Waals surface area contributed by atoms with E-state index in [0.717, 1.165) is 25.6 Å². The molecular weight excluding hydrogens is 258 g/mol. The summed E-state index contributed by atoms with van der Waals surface area (Å²) in [6, 6.07) is 8.84. The zero-order chi connectivity index (χ0) is 14.9. The molecule has 1 aromatic carbocycles.